The van der Waals surface area contributed by atoms with Gasteiger partial charge in [-0.3, -0.25) is 4.68 Å². The van der Waals surface area contributed by atoms with E-state index in [0.29, 0.717) is 11.2 Å². The van der Waals surface area contributed by atoms with Crippen molar-refractivity contribution in [1.29, 1.82) is 0 Å². The standard InChI is InChI=1S/C17H12F2N4/c1-23-9-11(7-22-23)13-8-21-17-16(13)12(4-5-20-17)10-2-3-14(18)15(19)6-10/h2-9H,1H3,(H,20,21). The van der Waals surface area contributed by atoms with Crippen LogP contribution in [0.4, 0.5) is 8.78 Å². The molecule has 4 nitrogen and oxygen atoms in total. The number of pyridine rings is 1. The fourth-order valence-corrected chi connectivity index (χ4v) is 2.75. The summed E-state index contributed by atoms with van der Waals surface area (Å²) < 4.78 is 28.5. The van der Waals surface area contributed by atoms with E-state index < -0.39 is 11.6 Å². The third kappa shape index (κ3) is 2.19. The maximum Gasteiger partial charge on any atom is 0.159 e. The molecule has 0 amide bonds. The Kier molecular flexibility index (Phi) is 2.97. The third-order valence-corrected chi connectivity index (χ3v) is 3.82. The molecule has 0 aliphatic carbocycles. The van der Waals surface area contributed by atoms with Crippen molar-refractivity contribution >= 4 is 11.0 Å². The summed E-state index contributed by atoms with van der Waals surface area (Å²) in [6.07, 6.45) is 7.13. The van der Waals surface area contributed by atoms with Crippen LogP contribution >= 0.6 is 0 Å². The third-order valence-electron chi connectivity index (χ3n) is 3.82. The second-order valence-corrected chi connectivity index (χ2v) is 5.32. The Bertz CT molecular complexity index is 1020. The van der Waals surface area contributed by atoms with Crippen molar-refractivity contribution in [3.05, 3.63) is 60.7 Å². The van der Waals surface area contributed by atoms with Gasteiger partial charge in [0.15, 0.2) is 11.6 Å². The van der Waals surface area contributed by atoms with Gasteiger partial charge in [-0.1, -0.05) is 6.07 Å². The minimum Gasteiger partial charge on any atom is -0.345 e. The van der Waals surface area contributed by atoms with E-state index in [2.05, 4.69) is 15.1 Å². The first kappa shape index (κ1) is 13.6. The van der Waals surface area contributed by atoms with Crippen LogP contribution in [0.1, 0.15) is 0 Å². The molecule has 0 bridgehead atoms. The molecule has 1 N–H and O–H groups in total. The molecule has 0 saturated heterocycles. The number of nitrogens with one attached hydrogen (secondary N) is 1. The molecule has 4 aromatic rings. The second kappa shape index (κ2) is 5.01. The summed E-state index contributed by atoms with van der Waals surface area (Å²) in [5.74, 6) is -1.73. The predicted octanol–water partition coefficient (Wildman–Crippen LogP) is 3.91. The predicted molar refractivity (Wildman–Crippen MR) is 83.6 cm³/mol. The first-order chi connectivity index (χ1) is 11.1. The number of halogens is 2. The van der Waals surface area contributed by atoms with Crippen molar-refractivity contribution in [2.45, 2.75) is 0 Å². The van der Waals surface area contributed by atoms with Crippen LogP contribution in [0.15, 0.2) is 49.1 Å². The highest BCUT2D eigenvalue weighted by atomic mass is 19.2. The minimum atomic E-state index is -0.870. The molecular weight excluding hydrogens is 298 g/mol. The highest BCUT2D eigenvalue weighted by Crippen LogP contribution is 2.35. The van der Waals surface area contributed by atoms with Gasteiger partial charge in [-0.25, -0.2) is 13.8 Å². The van der Waals surface area contributed by atoms with E-state index in [4.69, 9.17) is 0 Å². The topological polar surface area (TPSA) is 46.5 Å². The van der Waals surface area contributed by atoms with Crippen LogP contribution in [0.3, 0.4) is 0 Å². The van der Waals surface area contributed by atoms with E-state index in [1.54, 1.807) is 29.2 Å². The van der Waals surface area contributed by atoms with Gasteiger partial charge in [-0.15, -0.1) is 0 Å². The normalized spacial score (nSPS) is 11.3. The van der Waals surface area contributed by atoms with Gasteiger partial charge in [0.05, 0.1) is 6.20 Å². The Labute approximate surface area is 130 Å². The molecule has 0 spiro atoms. The van der Waals surface area contributed by atoms with Crippen LogP contribution in [0.25, 0.3) is 33.3 Å². The van der Waals surface area contributed by atoms with Gasteiger partial charge >= 0.3 is 0 Å². The van der Waals surface area contributed by atoms with Crippen molar-refractivity contribution in [2.75, 3.05) is 0 Å². The minimum absolute atomic E-state index is 0.598. The second-order valence-electron chi connectivity index (χ2n) is 5.32. The fraction of sp³-hybridized carbons (Fsp3) is 0.0588. The molecule has 23 heavy (non-hydrogen) atoms. The van der Waals surface area contributed by atoms with Crippen molar-refractivity contribution in [3.63, 3.8) is 0 Å². The lowest BCUT2D eigenvalue weighted by Gasteiger charge is -2.06. The zero-order chi connectivity index (χ0) is 16.0. The summed E-state index contributed by atoms with van der Waals surface area (Å²) in [6, 6.07) is 5.69. The summed E-state index contributed by atoms with van der Waals surface area (Å²) in [5.41, 5.74) is 3.91. The zero-order valence-corrected chi connectivity index (χ0v) is 12.2. The molecular formula is C17H12F2N4. The van der Waals surface area contributed by atoms with E-state index in [9.17, 15) is 8.78 Å². The maximum absolute atomic E-state index is 13.6. The number of fused-ring (bicyclic) bond motifs is 1. The Morgan fingerprint density at radius 2 is 1.91 bits per heavy atom. The smallest absolute Gasteiger partial charge is 0.159 e. The molecule has 0 aliphatic heterocycles. The highest BCUT2D eigenvalue weighted by Gasteiger charge is 2.15. The van der Waals surface area contributed by atoms with Crippen molar-refractivity contribution in [2.24, 2.45) is 7.05 Å². The van der Waals surface area contributed by atoms with Crippen LogP contribution in [-0.4, -0.2) is 19.7 Å². The van der Waals surface area contributed by atoms with Gasteiger partial charge in [0, 0.05) is 42.2 Å². The fourth-order valence-electron chi connectivity index (χ4n) is 2.75. The zero-order valence-electron chi connectivity index (χ0n) is 12.2. The van der Waals surface area contributed by atoms with Gasteiger partial charge in [-0.2, -0.15) is 5.10 Å². The number of nitrogens with zero attached hydrogens (tertiary/aromatic N) is 3. The summed E-state index contributed by atoms with van der Waals surface area (Å²) >= 11 is 0. The molecule has 0 fully saturated rings. The average molecular weight is 310 g/mol. The van der Waals surface area contributed by atoms with Gasteiger partial charge in [0.25, 0.3) is 0 Å². The quantitative estimate of drug-likeness (QED) is 0.610. The summed E-state index contributed by atoms with van der Waals surface area (Å²) in [4.78, 5) is 7.43. The number of aryl methyl sites for hydroxylation is 1. The van der Waals surface area contributed by atoms with Gasteiger partial charge in [0.2, 0.25) is 0 Å². The molecule has 0 atom stereocenters. The van der Waals surface area contributed by atoms with Crippen LogP contribution in [0.2, 0.25) is 0 Å². The van der Waals surface area contributed by atoms with Gasteiger partial charge < -0.3 is 4.98 Å². The summed E-state index contributed by atoms with van der Waals surface area (Å²) in [6.45, 7) is 0. The molecule has 0 saturated carbocycles. The average Bonchev–Trinajstić information content (AvgIpc) is 3.15. The Morgan fingerprint density at radius 1 is 1.04 bits per heavy atom. The lowest BCUT2D eigenvalue weighted by Crippen LogP contribution is -1.88. The molecule has 3 aromatic heterocycles. The van der Waals surface area contributed by atoms with E-state index in [0.717, 1.165) is 28.1 Å². The SMILES string of the molecule is Cn1cc(-c2c[nH]c3nccc(-c4ccc(F)c(F)c4)c23)cn1. The molecule has 4 rings (SSSR count). The monoisotopic (exact) mass is 310 g/mol. The van der Waals surface area contributed by atoms with E-state index in [1.165, 1.54) is 6.07 Å². The summed E-state index contributed by atoms with van der Waals surface area (Å²) in [7, 11) is 1.84. The first-order valence-corrected chi connectivity index (χ1v) is 7.04. The number of H-pyrrole nitrogens is 1. The number of hydrogen-bond acceptors (Lipinski definition) is 2. The van der Waals surface area contributed by atoms with Crippen molar-refractivity contribution in [1.82, 2.24) is 19.7 Å². The van der Waals surface area contributed by atoms with E-state index >= 15 is 0 Å². The molecule has 0 aliphatic rings. The van der Waals surface area contributed by atoms with Gasteiger partial charge in [-0.05, 0) is 29.3 Å². The van der Waals surface area contributed by atoms with Crippen LogP contribution < -0.4 is 0 Å². The molecule has 1 aromatic carbocycles. The Hall–Kier alpha value is -3.02. The Morgan fingerprint density at radius 3 is 2.65 bits per heavy atom. The lowest BCUT2D eigenvalue weighted by molar-refractivity contribution is 0.509. The largest absolute Gasteiger partial charge is 0.345 e. The number of aromatic amines is 1. The highest BCUT2D eigenvalue weighted by molar-refractivity contribution is 6.03. The van der Waals surface area contributed by atoms with E-state index in [-0.39, 0.29) is 0 Å². The number of aromatic nitrogens is 4. The van der Waals surface area contributed by atoms with Crippen molar-refractivity contribution in [3.8, 4) is 22.3 Å². The molecule has 6 heteroatoms. The first-order valence-electron chi connectivity index (χ1n) is 7.04. The summed E-state index contributed by atoms with van der Waals surface area (Å²) in [5, 5.41) is 5.03. The molecule has 114 valence electrons. The molecule has 0 radical (unpaired) electrons. The molecule has 3 heterocycles. The number of benzene rings is 1. The van der Waals surface area contributed by atoms with E-state index in [1.807, 2.05) is 19.4 Å². The van der Waals surface area contributed by atoms with Gasteiger partial charge in [0.1, 0.15) is 5.65 Å². The molecule has 0 unspecified atom stereocenters. The number of rotatable bonds is 2. The van der Waals surface area contributed by atoms with Crippen LogP contribution in [0.5, 0.6) is 0 Å². The maximum atomic E-state index is 13.6. The van der Waals surface area contributed by atoms with Crippen molar-refractivity contribution < 1.29 is 8.78 Å². The lowest BCUT2D eigenvalue weighted by atomic mass is 9.99. The Balaban J connectivity index is 2.00. The van der Waals surface area contributed by atoms with Crippen LogP contribution in [-0.2, 0) is 7.05 Å². The van der Waals surface area contributed by atoms with Crippen LogP contribution in [0, 0.1) is 11.6 Å². The number of hydrogen-bond donors (Lipinski definition) is 1.